The van der Waals surface area contributed by atoms with Gasteiger partial charge in [0.05, 0.1) is 18.1 Å². The molecule has 2 unspecified atom stereocenters. The Hall–Kier alpha value is -1.59. The third kappa shape index (κ3) is 4.44. The van der Waals surface area contributed by atoms with E-state index >= 15 is 0 Å². The Bertz CT molecular complexity index is 507. The lowest BCUT2D eigenvalue weighted by atomic mass is 10.0. The summed E-state index contributed by atoms with van der Waals surface area (Å²) in [6.45, 7) is 2.08. The highest BCUT2D eigenvalue weighted by atomic mass is 35.5. The van der Waals surface area contributed by atoms with Gasteiger partial charge >= 0.3 is 5.97 Å². The minimum atomic E-state index is -0.388. The van der Waals surface area contributed by atoms with Gasteiger partial charge in [0.2, 0.25) is 5.91 Å². The topological polar surface area (TPSA) is 81.4 Å². The van der Waals surface area contributed by atoms with E-state index in [1.165, 1.54) is 0 Å². The van der Waals surface area contributed by atoms with Gasteiger partial charge in [-0.2, -0.15) is 0 Å². The van der Waals surface area contributed by atoms with Crippen molar-refractivity contribution in [2.24, 2.45) is 11.7 Å². The van der Waals surface area contributed by atoms with Crippen LogP contribution in [-0.2, 0) is 9.53 Å². The number of carbonyl (C=O) groups is 2. The number of hydrogen-bond acceptors (Lipinski definition) is 4. The molecule has 2 rings (SSSR count). The Morgan fingerprint density at radius 1 is 1.38 bits per heavy atom. The first-order chi connectivity index (χ1) is 9.61. The summed E-state index contributed by atoms with van der Waals surface area (Å²) in [5.74, 6) is -0.599. The summed E-state index contributed by atoms with van der Waals surface area (Å²) < 4.78 is 4.93. The molecule has 1 aliphatic carbocycles. The number of benzene rings is 1. The summed E-state index contributed by atoms with van der Waals surface area (Å²) in [5, 5.41) is 2.82. The number of ether oxygens (including phenoxy) is 1. The number of esters is 1. The van der Waals surface area contributed by atoms with Crippen molar-refractivity contribution in [3.05, 3.63) is 29.8 Å². The average molecular weight is 313 g/mol. The molecule has 1 aliphatic rings. The molecule has 116 valence electrons. The van der Waals surface area contributed by atoms with Gasteiger partial charge in [0.1, 0.15) is 0 Å². The number of rotatable bonds is 4. The first-order valence-electron chi connectivity index (χ1n) is 6.95. The van der Waals surface area contributed by atoms with E-state index in [9.17, 15) is 9.59 Å². The van der Waals surface area contributed by atoms with Gasteiger partial charge in [-0.3, -0.25) is 4.79 Å². The number of nitrogens with one attached hydrogen (secondary N) is 1. The quantitative estimate of drug-likeness (QED) is 0.836. The van der Waals surface area contributed by atoms with E-state index in [-0.39, 0.29) is 36.2 Å². The number of amides is 1. The summed E-state index contributed by atoms with van der Waals surface area (Å²) in [6, 6.07) is 6.69. The van der Waals surface area contributed by atoms with Crippen LogP contribution in [0, 0.1) is 5.92 Å². The van der Waals surface area contributed by atoms with Crippen LogP contribution in [0.3, 0.4) is 0 Å². The molecular formula is C15H21ClN2O3. The molecule has 0 aromatic heterocycles. The summed E-state index contributed by atoms with van der Waals surface area (Å²) >= 11 is 0. The number of nitrogens with two attached hydrogens (primary N) is 1. The van der Waals surface area contributed by atoms with E-state index in [2.05, 4.69) is 5.32 Å². The van der Waals surface area contributed by atoms with E-state index in [0.717, 1.165) is 19.3 Å². The van der Waals surface area contributed by atoms with Gasteiger partial charge in [0, 0.05) is 11.7 Å². The van der Waals surface area contributed by atoms with Gasteiger partial charge in [-0.15, -0.1) is 12.4 Å². The highest BCUT2D eigenvalue weighted by Crippen LogP contribution is 2.25. The van der Waals surface area contributed by atoms with E-state index in [1.807, 2.05) is 0 Å². The summed E-state index contributed by atoms with van der Waals surface area (Å²) in [6.07, 6.45) is 2.70. The first-order valence-corrected chi connectivity index (χ1v) is 6.95. The highest BCUT2D eigenvalue weighted by molar-refractivity contribution is 5.95. The Kier molecular flexibility index (Phi) is 6.65. The van der Waals surface area contributed by atoms with Crippen molar-refractivity contribution in [3.8, 4) is 0 Å². The molecule has 0 heterocycles. The van der Waals surface area contributed by atoms with Gasteiger partial charge in [-0.1, -0.05) is 12.5 Å². The lowest BCUT2D eigenvalue weighted by molar-refractivity contribution is -0.120. The fourth-order valence-corrected chi connectivity index (χ4v) is 2.49. The van der Waals surface area contributed by atoms with Crippen molar-refractivity contribution in [3.63, 3.8) is 0 Å². The van der Waals surface area contributed by atoms with Crippen LogP contribution in [0.25, 0.3) is 0 Å². The molecule has 0 aliphatic heterocycles. The molecule has 6 heteroatoms. The Balaban J connectivity index is 0.00000220. The summed E-state index contributed by atoms with van der Waals surface area (Å²) in [4.78, 5) is 23.8. The molecule has 0 spiro atoms. The van der Waals surface area contributed by atoms with Crippen LogP contribution in [0.15, 0.2) is 24.3 Å². The molecule has 0 radical (unpaired) electrons. The monoisotopic (exact) mass is 312 g/mol. The van der Waals surface area contributed by atoms with Crippen LogP contribution in [-0.4, -0.2) is 24.5 Å². The zero-order valence-corrected chi connectivity index (χ0v) is 12.8. The van der Waals surface area contributed by atoms with Crippen LogP contribution < -0.4 is 11.1 Å². The Morgan fingerprint density at radius 3 is 2.76 bits per heavy atom. The summed E-state index contributed by atoms with van der Waals surface area (Å²) in [7, 11) is 0. The molecule has 1 aromatic carbocycles. The lowest BCUT2D eigenvalue weighted by Crippen LogP contribution is -2.34. The van der Waals surface area contributed by atoms with Crippen LogP contribution >= 0.6 is 12.4 Å². The van der Waals surface area contributed by atoms with Crippen molar-refractivity contribution in [1.29, 1.82) is 0 Å². The fraction of sp³-hybridized carbons (Fsp3) is 0.467. The molecule has 1 saturated carbocycles. The van der Waals surface area contributed by atoms with Crippen LogP contribution in [0.5, 0.6) is 0 Å². The third-order valence-corrected chi connectivity index (χ3v) is 3.55. The standard InChI is InChI=1S/C15H20N2O3.ClH/c1-2-20-15(19)10-5-3-6-11(9-10)17-14(18)12-7-4-8-13(12)16;/h3,5-6,9,12-13H,2,4,7-8,16H2,1H3,(H,17,18);1H. The molecule has 2 atom stereocenters. The van der Waals surface area contributed by atoms with Gasteiger partial charge in [0.15, 0.2) is 0 Å². The van der Waals surface area contributed by atoms with E-state index < -0.39 is 0 Å². The molecule has 1 amide bonds. The molecule has 0 saturated heterocycles. The third-order valence-electron chi connectivity index (χ3n) is 3.55. The summed E-state index contributed by atoms with van der Waals surface area (Å²) in [5.41, 5.74) is 6.94. The smallest absolute Gasteiger partial charge is 0.338 e. The Morgan fingerprint density at radius 2 is 2.14 bits per heavy atom. The van der Waals surface area contributed by atoms with E-state index in [1.54, 1.807) is 31.2 Å². The maximum atomic E-state index is 12.1. The van der Waals surface area contributed by atoms with E-state index in [0.29, 0.717) is 17.9 Å². The number of hydrogen-bond donors (Lipinski definition) is 2. The van der Waals surface area contributed by atoms with Crippen molar-refractivity contribution < 1.29 is 14.3 Å². The average Bonchev–Trinajstić information content (AvgIpc) is 2.85. The second-order valence-electron chi connectivity index (χ2n) is 4.99. The maximum absolute atomic E-state index is 12.1. The normalized spacial score (nSPS) is 20.5. The van der Waals surface area contributed by atoms with Crippen LogP contribution in [0.1, 0.15) is 36.5 Å². The molecule has 1 fully saturated rings. The minimum Gasteiger partial charge on any atom is -0.462 e. The van der Waals surface area contributed by atoms with Crippen molar-refractivity contribution >= 4 is 30.0 Å². The van der Waals surface area contributed by atoms with Gasteiger partial charge < -0.3 is 15.8 Å². The molecule has 1 aromatic rings. The number of halogens is 1. The van der Waals surface area contributed by atoms with Crippen LogP contribution in [0.4, 0.5) is 5.69 Å². The second kappa shape index (κ2) is 8.00. The largest absolute Gasteiger partial charge is 0.462 e. The van der Waals surface area contributed by atoms with Gasteiger partial charge in [0.25, 0.3) is 0 Å². The van der Waals surface area contributed by atoms with Crippen molar-refractivity contribution in [2.75, 3.05) is 11.9 Å². The van der Waals surface area contributed by atoms with Gasteiger partial charge in [-0.25, -0.2) is 4.79 Å². The molecule has 3 N–H and O–H groups in total. The predicted octanol–water partition coefficient (Wildman–Crippen LogP) is 2.35. The SMILES string of the molecule is CCOC(=O)c1cccc(NC(=O)C2CCCC2N)c1.Cl. The van der Waals surface area contributed by atoms with Gasteiger partial charge in [-0.05, 0) is 38.0 Å². The predicted molar refractivity (Wildman–Crippen MR) is 83.6 cm³/mol. The molecule has 0 bridgehead atoms. The van der Waals surface area contributed by atoms with Crippen molar-refractivity contribution in [2.45, 2.75) is 32.2 Å². The number of anilines is 1. The molecule has 5 nitrogen and oxygen atoms in total. The molecular weight excluding hydrogens is 292 g/mol. The highest BCUT2D eigenvalue weighted by Gasteiger charge is 2.30. The minimum absolute atomic E-state index is 0. The van der Waals surface area contributed by atoms with Crippen molar-refractivity contribution in [1.82, 2.24) is 0 Å². The van der Waals surface area contributed by atoms with E-state index in [4.69, 9.17) is 10.5 Å². The van der Waals surface area contributed by atoms with Crippen LogP contribution in [0.2, 0.25) is 0 Å². The molecule has 21 heavy (non-hydrogen) atoms. The lowest BCUT2D eigenvalue weighted by Gasteiger charge is -2.15. The first kappa shape index (κ1) is 17.5. The zero-order valence-electron chi connectivity index (χ0n) is 12.0. The number of carbonyl (C=O) groups excluding carboxylic acids is 2. The Labute approximate surface area is 130 Å². The fourth-order valence-electron chi connectivity index (χ4n) is 2.49. The zero-order chi connectivity index (χ0) is 14.5. The maximum Gasteiger partial charge on any atom is 0.338 e. The second-order valence-corrected chi connectivity index (χ2v) is 4.99.